The summed E-state index contributed by atoms with van der Waals surface area (Å²) in [6.45, 7) is 2.11. The molecule has 2 aromatic carbocycles. The fourth-order valence-corrected chi connectivity index (χ4v) is 3.58. The molecule has 0 unspecified atom stereocenters. The molecule has 1 N–H and O–H groups in total. The number of sulfonamides is 1. The number of carbonyl (C=O) groups excluding carboxylic acids is 1. The molecule has 0 spiro atoms. The zero-order valence-electron chi connectivity index (χ0n) is 15.2. The van der Waals surface area contributed by atoms with E-state index in [-0.39, 0.29) is 18.9 Å². The summed E-state index contributed by atoms with van der Waals surface area (Å²) in [7, 11) is -2.00. The maximum atomic E-state index is 12.2. The summed E-state index contributed by atoms with van der Waals surface area (Å²) in [5.41, 5.74) is 2.21. The Labute approximate surface area is 154 Å². The van der Waals surface area contributed by atoms with Gasteiger partial charge in [-0.25, -0.2) is 8.42 Å². The van der Waals surface area contributed by atoms with E-state index in [1.165, 1.54) is 11.4 Å². The Morgan fingerprint density at radius 3 is 2.42 bits per heavy atom. The molecule has 0 aliphatic carbocycles. The SMILES string of the molecule is COc1ccccc1N(CCCC(=O)Nc1ccccc1C)S(C)(=O)=O. The molecular weight excluding hydrogens is 352 g/mol. The van der Waals surface area contributed by atoms with Crippen LogP contribution >= 0.6 is 0 Å². The van der Waals surface area contributed by atoms with Gasteiger partial charge in [0, 0.05) is 18.7 Å². The predicted molar refractivity (Wildman–Crippen MR) is 104 cm³/mol. The fraction of sp³-hybridized carbons (Fsp3) is 0.316. The van der Waals surface area contributed by atoms with E-state index in [0.29, 0.717) is 17.9 Å². The van der Waals surface area contributed by atoms with Crippen molar-refractivity contribution in [2.24, 2.45) is 0 Å². The third-order valence-electron chi connectivity index (χ3n) is 3.94. The zero-order valence-corrected chi connectivity index (χ0v) is 16.0. The Balaban J connectivity index is 2.02. The monoisotopic (exact) mass is 376 g/mol. The molecule has 0 aromatic heterocycles. The summed E-state index contributed by atoms with van der Waals surface area (Å²) in [6, 6.07) is 14.4. The van der Waals surface area contributed by atoms with Crippen LogP contribution in [-0.4, -0.2) is 34.2 Å². The van der Waals surface area contributed by atoms with Crippen LogP contribution in [0.25, 0.3) is 0 Å². The minimum absolute atomic E-state index is 0.146. The van der Waals surface area contributed by atoms with Crippen molar-refractivity contribution >= 4 is 27.3 Å². The Kier molecular flexibility index (Phi) is 6.63. The standard InChI is InChI=1S/C19H24N2O4S/c1-15-9-4-5-10-16(15)20-19(22)13-8-14-21(26(3,23)24)17-11-6-7-12-18(17)25-2/h4-7,9-12H,8,13-14H2,1-3H3,(H,20,22). The molecule has 6 nitrogen and oxygen atoms in total. The van der Waals surface area contributed by atoms with Gasteiger partial charge in [0.25, 0.3) is 0 Å². The van der Waals surface area contributed by atoms with Crippen molar-refractivity contribution in [2.45, 2.75) is 19.8 Å². The van der Waals surface area contributed by atoms with Crippen LogP contribution in [0.5, 0.6) is 5.75 Å². The van der Waals surface area contributed by atoms with E-state index < -0.39 is 10.0 Å². The number of benzene rings is 2. The van der Waals surface area contributed by atoms with Gasteiger partial charge in [-0.3, -0.25) is 9.10 Å². The number of hydrogen-bond acceptors (Lipinski definition) is 4. The third kappa shape index (κ3) is 5.23. The van der Waals surface area contributed by atoms with Crippen LogP contribution in [0.2, 0.25) is 0 Å². The third-order valence-corrected chi connectivity index (χ3v) is 5.12. The highest BCUT2D eigenvalue weighted by Crippen LogP contribution is 2.29. The molecule has 0 aliphatic rings. The van der Waals surface area contributed by atoms with Gasteiger partial charge < -0.3 is 10.1 Å². The van der Waals surface area contributed by atoms with Gasteiger partial charge in [-0.2, -0.15) is 0 Å². The topological polar surface area (TPSA) is 75.7 Å². The number of ether oxygens (including phenoxy) is 1. The summed E-state index contributed by atoms with van der Waals surface area (Å²) in [6.07, 6.45) is 1.76. The van der Waals surface area contributed by atoms with E-state index in [2.05, 4.69) is 5.32 Å². The van der Waals surface area contributed by atoms with Crippen LogP contribution in [0.4, 0.5) is 11.4 Å². The molecule has 2 rings (SSSR count). The summed E-state index contributed by atoms with van der Waals surface area (Å²) in [5, 5.41) is 2.85. The summed E-state index contributed by atoms with van der Waals surface area (Å²) in [4.78, 5) is 12.2. The maximum Gasteiger partial charge on any atom is 0.232 e. The van der Waals surface area contributed by atoms with Crippen LogP contribution in [0.3, 0.4) is 0 Å². The maximum absolute atomic E-state index is 12.2. The first-order valence-corrected chi connectivity index (χ1v) is 10.1. The van der Waals surface area contributed by atoms with E-state index >= 15 is 0 Å². The van der Waals surface area contributed by atoms with Gasteiger partial charge in [-0.05, 0) is 37.1 Å². The van der Waals surface area contributed by atoms with E-state index in [1.807, 2.05) is 31.2 Å². The average Bonchev–Trinajstić information content (AvgIpc) is 2.60. The highest BCUT2D eigenvalue weighted by atomic mass is 32.2. The van der Waals surface area contributed by atoms with Crippen LogP contribution in [-0.2, 0) is 14.8 Å². The van der Waals surface area contributed by atoms with Crippen LogP contribution in [0.1, 0.15) is 18.4 Å². The Hall–Kier alpha value is -2.54. The minimum atomic E-state index is -3.49. The number of nitrogens with one attached hydrogen (secondary N) is 1. The quantitative estimate of drug-likeness (QED) is 0.768. The van der Waals surface area contributed by atoms with Gasteiger partial charge in [-0.15, -0.1) is 0 Å². The lowest BCUT2D eigenvalue weighted by molar-refractivity contribution is -0.116. The number of methoxy groups -OCH3 is 1. The number of hydrogen-bond donors (Lipinski definition) is 1. The number of aryl methyl sites for hydroxylation is 1. The number of anilines is 2. The molecule has 0 aliphatic heterocycles. The molecule has 2 aromatic rings. The van der Waals surface area contributed by atoms with Gasteiger partial charge in [0.15, 0.2) is 0 Å². The first-order valence-electron chi connectivity index (χ1n) is 8.29. The van der Waals surface area contributed by atoms with Crippen molar-refractivity contribution in [1.82, 2.24) is 0 Å². The highest BCUT2D eigenvalue weighted by Gasteiger charge is 2.20. The van der Waals surface area contributed by atoms with Crippen molar-refractivity contribution in [3.8, 4) is 5.75 Å². The second kappa shape index (κ2) is 8.71. The summed E-state index contributed by atoms with van der Waals surface area (Å²) >= 11 is 0. The normalized spacial score (nSPS) is 11.0. The van der Waals surface area contributed by atoms with Crippen molar-refractivity contribution in [3.63, 3.8) is 0 Å². The first-order chi connectivity index (χ1) is 12.3. The molecule has 0 atom stereocenters. The van der Waals surface area contributed by atoms with E-state index in [0.717, 1.165) is 17.5 Å². The van der Waals surface area contributed by atoms with Crippen molar-refractivity contribution in [2.75, 3.05) is 29.5 Å². The van der Waals surface area contributed by atoms with E-state index in [9.17, 15) is 13.2 Å². The van der Waals surface area contributed by atoms with Gasteiger partial charge in [0.05, 0.1) is 19.1 Å². The Bertz CT molecular complexity index is 865. The number of amides is 1. The predicted octanol–water partition coefficient (Wildman–Crippen LogP) is 3.19. The largest absolute Gasteiger partial charge is 0.495 e. The molecule has 140 valence electrons. The summed E-state index contributed by atoms with van der Waals surface area (Å²) < 4.78 is 30.9. The molecule has 0 saturated heterocycles. The van der Waals surface area contributed by atoms with Crippen molar-refractivity contribution < 1.29 is 17.9 Å². The van der Waals surface area contributed by atoms with E-state index in [4.69, 9.17) is 4.74 Å². The Morgan fingerprint density at radius 2 is 1.77 bits per heavy atom. The smallest absolute Gasteiger partial charge is 0.232 e. The van der Waals surface area contributed by atoms with Crippen molar-refractivity contribution in [3.05, 3.63) is 54.1 Å². The van der Waals surface area contributed by atoms with Gasteiger partial charge in [0.1, 0.15) is 5.75 Å². The molecule has 1 amide bonds. The first kappa shape index (κ1) is 19.8. The average molecular weight is 376 g/mol. The number of para-hydroxylation sites is 3. The van der Waals surface area contributed by atoms with Gasteiger partial charge in [-0.1, -0.05) is 30.3 Å². The molecule has 0 bridgehead atoms. The number of carbonyl (C=O) groups is 1. The molecule has 0 heterocycles. The zero-order chi connectivity index (χ0) is 19.2. The van der Waals surface area contributed by atoms with Crippen molar-refractivity contribution in [1.29, 1.82) is 0 Å². The van der Waals surface area contributed by atoms with Gasteiger partial charge in [0.2, 0.25) is 15.9 Å². The Morgan fingerprint density at radius 1 is 1.12 bits per heavy atom. The van der Waals surface area contributed by atoms with Crippen LogP contribution in [0, 0.1) is 6.92 Å². The lowest BCUT2D eigenvalue weighted by Gasteiger charge is -2.24. The molecule has 0 saturated carbocycles. The minimum Gasteiger partial charge on any atom is -0.495 e. The summed E-state index contributed by atoms with van der Waals surface area (Å²) in [5.74, 6) is 0.329. The molecule has 26 heavy (non-hydrogen) atoms. The lowest BCUT2D eigenvalue weighted by Crippen LogP contribution is -2.31. The molecular formula is C19H24N2O4S. The highest BCUT2D eigenvalue weighted by molar-refractivity contribution is 7.92. The number of rotatable bonds is 8. The molecule has 0 fully saturated rings. The second-order valence-electron chi connectivity index (χ2n) is 5.97. The van der Waals surface area contributed by atoms with E-state index in [1.54, 1.807) is 24.3 Å². The number of nitrogens with zero attached hydrogens (tertiary/aromatic N) is 1. The van der Waals surface area contributed by atoms with Gasteiger partial charge >= 0.3 is 0 Å². The molecule has 0 radical (unpaired) electrons. The lowest BCUT2D eigenvalue weighted by atomic mass is 10.2. The van der Waals surface area contributed by atoms with Crippen LogP contribution in [0.15, 0.2) is 48.5 Å². The van der Waals surface area contributed by atoms with Crippen LogP contribution < -0.4 is 14.4 Å². The molecule has 7 heteroatoms. The fourth-order valence-electron chi connectivity index (χ4n) is 2.61. The second-order valence-corrected chi connectivity index (χ2v) is 7.88.